The number of nitrogens with one attached hydrogen (secondary N) is 2. The van der Waals surface area contributed by atoms with Crippen LogP contribution in [0.4, 0.5) is 5.69 Å². The first kappa shape index (κ1) is 12.3. The number of carbonyl (C=O) groups excluding carboxylic acids is 1. The zero-order chi connectivity index (χ0) is 12.1. The van der Waals surface area contributed by atoms with E-state index in [0.717, 1.165) is 26.2 Å². The molecular weight excluding hydrogens is 240 g/mol. The van der Waals surface area contributed by atoms with Gasteiger partial charge in [0.2, 0.25) is 5.91 Å². The Kier molecular flexibility index (Phi) is 4.30. The molecule has 1 aromatic rings. The minimum absolute atomic E-state index is 0.0176. The summed E-state index contributed by atoms with van der Waals surface area (Å²) in [6.07, 6.45) is 1.55. The first-order chi connectivity index (χ1) is 8.24. The quantitative estimate of drug-likeness (QED) is 0.775. The molecule has 0 saturated carbocycles. The summed E-state index contributed by atoms with van der Waals surface area (Å²) in [5.41, 5.74) is 0.675. The highest BCUT2D eigenvalue weighted by Gasteiger charge is 2.13. The molecule has 1 aromatic heterocycles. The van der Waals surface area contributed by atoms with Crippen molar-refractivity contribution >= 4 is 23.2 Å². The second-order valence-corrected chi connectivity index (χ2v) is 4.33. The third-order valence-corrected chi connectivity index (χ3v) is 2.81. The van der Waals surface area contributed by atoms with Gasteiger partial charge in [0.15, 0.2) is 0 Å². The largest absolute Gasteiger partial charge is 0.324 e. The topological polar surface area (TPSA) is 57.3 Å². The lowest BCUT2D eigenvalue weighted by Crippen LogP contribution is -2.46. The van der Waals surface area contributed by atoms with Crippen LogP contribution in [-0.4, -0.2) is 48.5 Å². The number of nitrogens with zero attached hydrogens (tertiary/aromatic N) is 2. The van der Waals surface area contributed by atoms with E-state index in [1.165, 1.54) is 0 Å². The summed E-state index contributed by atoms with van der Waals surface area (Å²) in [6.45, 7) is 4.12. The van der Waals surface area contributed by atoms with Crippen LogP contribution in [0.25, 0.3) is 0 Å². The zero-order valence-corrected chi connectivity index (χ0v) is 10.2. The lowest BCUT2D eigenvalue weighted by atomic mass is 10.3. The Balaban J connectivity index is 1.82. The van der Waals surface area contributed by atoms with Gasteiger partial charge in [0.25, 0.3) is 0 Å². The van der Waals surface area contributed by atoms with E-state index < -0.39 is 0 Å². The van der Waals surface area contributed by atoms with Crippen LogP contribution < -0.4 is 10.6 Å². The number of hydrogen-bond donors (Lipinski definition) is 2. The maximum atomic E-state index is 11.7. The molecule has 0 aromatic carbocycles. The van der Waals surface area contributed by atoms with Crippen molar-refractivity contribution in [3.8, 4) is 0 Å². The molecule has 1 amide bonds. The number of anilines is 1. The first-order valence-electron chi connectivity index (χ1n) is 5.58. The van der Waals surface area contributed by atoms with E-state index in [9.17, 15) is 4.79 Å². The summed E-state index contributed by atoms with van der Waals surface area (Å²) >= 11 is 5.66. The maximum absolute atomic E-state index is 11.7. The Morgan fingerprint density at radius 1 is 1.47 bits per heavy atom. The summed E-state index contributed by atoms with van der Waals surface area (Å²) in [6, 6.07) is 3.40. The van der Waals surface area contributed by atoms with E-state index in [0.29, 0.717) is 17.4 Å². The Morgan fingerprint density at radius 3 is 2.88 bits per heavy atom. The number of carbonyl (C=O) groups is 1. The average Bonchev–Trinajstić information content (AvgIpc) is 2.33. The van der Waals surface area contributed by atoms with Crippen LogP contribution in [0.15, 0.2) is 18.3 Å². The molecule has 0 bridgehead atoms. The van der Waals surface area contributed by atoms with Gasteiger partial charge in [0.05, 0.1) is 18.4 Å². The lowest BCUT2D eigenvalue weighted by Gasteiger charge is -2.26. The van der Waals surface area contributed by atoms with Gasteiger partial charge in [-0.1, -0.05) is 11.6 Å². The molecule has 0 radical (unpaired) electrons. The molecule has 1 saturated heterocycles. The van der Waals surface area contributed by atoms with Crippen molar-refractivity contribution < 1.29 is 4.79 Å². The van der Waals surface area contributed by atoms with E-state index in [-0.39, 0.29) is 5.91 Å². The SMILES string of the molecule is O=C(CN1CCNCC1)Nc1ccc(Cl)nc1. The number of piperazine rings is 1. The van der Waals surface area contributed by atoms with Crippen LogP contribution in [0, 0.1) is 0 Å². The molecule has 1 aliphatic rings. The first-order valence-corrected chi connectivity index (χ1v) is 5.96. The monoisotopic (exact) mass is 254 g/mol. The van der Waals surface area contributed by atoms with Crippen molar-refractivity contribution in [2.75, 3.05) is 38.0 Å². The molecule has 6 heteroatoms. The standard InChI is InChI=1S/C11H15ClN4O/c12-10-2-1-9(7-14-10)15-11(17)8-16-5-3-13-4-6-16/h1-2,7,13H,3-6,8H2,(H,15,17). The highest BCUT2D eigenvalue weighted by Crippen LogP contribution is 2.09. The molecule has 2 rings (SSSR count). The molecule has 0 spiro atoms. The fourth-order valence-corrected chi connectivity index (χ4v) is 1.83. The maximum Gasteiger partial charge on any atom is 0.238 e. The Bertz CT molecular complexity index is 376. The van der Waals surface area contributed by atoms with E-state index in [2.05, 4.69) is 20.5 Å². The Hall–Kier alpha value is -1.17. The average molecular weight is 255 g/mol. The van der Waals surface area contributed by atoms with E-state index >= 15 is 0 Å². The van der Waals surface area contributed by atoms with E-state index in [1.54, 1.807) is 18.3 Å². The Morgan fingerprint density at radius 2 is 2.24 bits per heavy atom. The molecule has 92 valence electrons. The van der Waals surface area contributed by atoms with E-state index in [1.807, 2.05) is 0 Å². The summed E-state index contributed by atoms with van der Waals surface area (Å²) in [5.74, 6) is -0.0176. The molecule has 0 unspecified atom stereocenters. The molecule has 0 aliphatic carbocycles. The highest BCUT2D eigenvalue weighted by molar-refractivity contribution is 6.29. The predicted octanol–water partition coefficient (Wildman–Crippen LogP) is 0.579. The van der Waals surface area contributed by atoms with Crippen molar-refractivity contribution in [1.29, 1.82) is 0 Å². The van der Waals surface area contributed by atoms with Crippen molar-refractivity contribution in [1.82, 2.24) is 15.2 Å². The number of amides is 1. The number of pyridine rings is 1. The molecule has 0 atom stereocenters. The molecule has 1 fully saturated rings. The number of halogens is 1. The van der Waals surface area contributed by atoms with Gasteiger partial charge in [0, 0.05) is 26.2 Å². The molecule has 17 heavy (non-hydrogen) atoms. The third kappa shape index (κ3) is 3.96. The zero-order valence-electron chi connectivity index (χ0n) is 9.45. The second-order valence-electron chi connectivity index (χ2n) is 3.94. The third-order valence-electron chi connectivity index (χ3n) is 2.59. The summed E-state index contributed by atoms with van der Waals surface area (Å²) in [4.78, 5) is 17.8. The number of rotatable bonds is 3. The fourth-order valence-electron chi connectivity index (χ4n) is 1.72. The minimum atomic E-state index is -0.0176. The van der Waals surface area contributed by atoms with Crippen LogP contribution in [0.2, 0.25) is 5.15 Å². The van der Waals surface area contributed by atoms with Gasteiger partial charge in [-0.15, -0.1) is 0 Å². The van der Waals surface area contributed by atoms with Crippen LogP contribution >= 0.6 is 11.6 Å². The fraction of sp³-hybridized carbons (Fsp3) is 0.455. The Labute approximate surface area is 105 Å². The number of aromatic nitrogens is 1. The van der Waals surface area contributed by atoms with Gasteiger partial charge in [-0.2, -0.15) is 0 Å². The van der Waals surface area contributed by atoms with Crippen LogP contribution in [0.1, 0.15) is 0 Å². The van der Waals surface area contributed by atoms with E-state index in [4.69, 9.17) is 11.6 Å². The highest BCUT2D eigenvalue weighted by atomic mass is 35.5. The van der Waals surface area contributed by atoms with Crippen molar-refractivity contribution in [2.45, 2.75) is 0 Å². The number of hydrogen-bond acceptors (Lipinski definition) is 4. The lowest BCUT2D eigenvalue weighted by molar-refractivity contribution is -0.117. The molecule has 5 nitrogen and oxygen atoms in total. The van der Waals surface area contributed by atoms with Gasteiger partial charge < -0.3 is 10.6 Å². The molecular formula is C11H15ClN4O. The summed E-state index contributed by atoms with van der Waals surface area (Å²) < 4.78 is 0. The molecule has 1 aliphatic heterocycles. The van der Waals surface area contributed by atoms with Crippen LogP contribution in [0.5, 0.6) is 0 Å². The molecule has 2 heterocycles. The van der Waals surface area contributed by atoms with Gasteiger partial charge in [-0.3, -0.25) is 9.69 Å². The minimum Gasteiger partial charge on any atom is -0.324 e. The normalized spacial score (nSPS) is 16.8. The van der Waals surface area contributed by atoms with Crippen molar-refractivity contribution in [2.24, 2.45) is 0 Å². The summed E-state index contributed by atoms with van der Waals surface area (Å²) in [5, 5.41) is 6.46. The molecule has 2 N–H and O–H groups in total. The van der Waals surface area contributed by atoms with Gasteiger partial charge in [0.1, 0.15) is 5.15 Å². The van der Waals surface area contributed by atoms with Gasteiger partial charge in [-0.25, -0.2) is 4.98 Å². The van der Waals surface area contributed by atoms with Crippen LogP contribution in [0.3, 0.4) is 0 Å². The predicted molar refractivity (Wildman–Crippen MR) is 67.2 cm³/mol. The van der Waals surface area contributed by atoms with Gasteiger partial charge in [-0.05, 0) is 12.1 Å². The van der Waals surface area contributed by atoms with Gasteiger partial charge >= 0.3 is 0 Å². The summed E-state index contributed by atoms with van der Waals surface area (Å²) in [7, 11) is 0. The van der Waals surface area contributed by atoms with Crippen LogP contribution in [-0.2, 0) is 4.79 Å². The van der Waals surface area contributed by atoms with Crippen molar-refractivity contribution in [3.63, 3.8) is 0 Å². The smallest absolute Gasteiger partial charge is 0.238 e. The second kappa shape index (κ2) is 5.95. The van der Waals surface area contributed by atoms with Crippen molar-refractivity contribution in [3.05, 3.63) is 23.5 Å².